The molecule has 1 aromatic carbocycles. The number of nitrogens with one attached hydrogen (secondary N) is 1. The number of carbonyl (C=O) groups excluding carboxylic acids is 2. The number of imidazole rings is 1. The van der Waals surface area contributed by atoms with Gasteiger partial charge in [0.05, 0.1) is 0 Å². The third-order valence-electron chi connectivity index (χ3n) is 3.62. The molecule has 0 spiro atoms. The molecule has 3 rings (SSSR count). The van der Waals surface area contributed by atoms with E-state index in [9.17, 15) is 9.59 Å². The number of ether oxygens (including phenoxy) is 1. The van der Waals surface area contributed by atoms with Crippen LogP contribution in [0.2, 0.25) is 0 Å². The maximum atomic E-state index is 12.1. The maximum absolute atomic E-state index is 12.1. The first-order chi connectivity index (χ1) is 11.9. The van der Waals surface area contributed by atoms with Crippen molar-refractivity contribution in [1.29, 1.82) is 0 Å². The standard InChI is InChI=1S/C18H16BrN3O3/c1-11-5-6-22-9-15(20-16(22)7-11)18(24)25-10-17(23)21-14-4-3-13(19)8-12(14)2/h3-9H,10H2,1-2H3,(H,21,23). The monoisotopic (exact) mass is 401 g/mol. The molecular formula is C18H16BrN3O3. The number of benzene rings is 1. The van der Waals surface area contributed by atoms with Crippen molar-refractivity contribution in [3.63, 3.8) is 0 Å². The number of aryl methyl sites for hydroxylation is 2. The summed E-state index contributed by atoms with van der Waals surface area (Å²) in [7, 11) is 0. The van der Waals surface area contributed by atoms with E-state index in [2.05, 4.69) is 26.2 Å². The number of rotatable bonds is 4. The van der Waals surface area contributed by atoms with Gasteiger partial charge in [0, 0.05) is 22.6 Å². The van der Waals surface area contributed by atoms with Crippen molar-refractivity contribution in [2.75, 3.05) is 11.9 Å². The normalized spacial score (nSPS) is 10.7. The number of fused-ring (bicyclic) bond motifs is 1. The summed E-state index contributed by atoms with van der Waals surface area (Å²) in [6, 6.07) is 9.27. The van der Waals surface area contributed by atoms with Crippen LogP contribution in [0.15, 0.2) is 47.2 Å². The van der Waals surface area contributed by atoms with Crippen LogP contribution in [-0.4, -0.2) is 27.9 Å². The first-order valence-electron chi connectivity index (χ1n) is 7.61. The molecule has 1 amide bonds. The van der Waals surface area contributed by atoms with Crippen LogP contribution in [0.5, 0.6) is 0 Å². The summed E-state index contributed by atoms with van der Waals surface area (Å²) in [6.45, 7) is 3.45. The lowest BCUT2D eigenvalue weighted by molar-refractivity contribution is -0.119. The smallest absolute Gasteiger partial charge is 0.359 e. The molecule has 0 bridgehead atoms. The van der Waals surface area contributed by atoms with Crippen LogP contribution in [0.4, 0.5) is 5.69 Å². The minimum Gasteiger partial charge on any atom is -0.451 e. The second-order valence-electron chi connectivity index (χ2n) is 5.68. The van der Waals surface area contributed by atoms with Gasteiger partial charge in [-0.2, -0.15) is 0 Å². The van der Waals surface area contributed by atoms with Crippen molar-refractivity contribution >= 4 is 39.1 Å². The van der Waals surface area contributed by atoms with Crippen molar-refractivity contribution in [2.24, 2.45) is 0 Å². The molecule has 0 radical (unpaired) electrons. The lowest BCUT2D eigenvalue weighted by Gasteiger charge is -2.08. The molecule has 2 aromatic heterocycles. The second-order valence-corrected chi connectivity index (χ2v) is 6.59. The average molecular weight is 402 g/mol. The van der Waals surface area contributed by atoms with Crippen LogP contribution in [0.3, 0.4) is 0 Å². The van der Waals surface area contributed by atoms with E-state index in [1.165, 1.54) is 0 Å². The highest BCUT2D eigenvalue weighted by Gasteiger charge is 2.14. The molecule has 0 saturated carbocycles. The molecule has 0 saturated heterocycles. The van der Waals surface area contributed by atoms with Gasteiger partial charge < -0.3 is 14.5 Å². The molecule has 0 atom stereocenters. The Kier molecular flexibility index (Phi) is 4.85. The Hall–Kier alpha value is -2.67. The highest BCUT2D eigenvalue weighted by atomic mass is 79.9. The summed E-state index contributed by atoms with van der Waals surface area (Å²) in [5.41, 5.74) is 3.44. The van der Waals surface area contributed by atoms with E-state index >= 15 is 0 Å². The molecule has 0 aliphatic carbocycles. The Balaban J connectivity index is 1.61. The summed E-state index contributed by atoms with van der Waals surface area (Å²) >= 11 is 3.37. The zero-order valence-electron chi connectivity index (χ0n) is 13.7. The van der Waals surface area contributed by atoms with E-state index in [1.54, 1.807) is 16.7 Å². The lowest BCUT2D eigenvalue weighted by atomic mass is 10.2. The predicted octanol–water partition coefficient (Wildman–Crippen LogP) is 3.51. The van der Waals surface area contributed by atoms with E-state index in [0.717, 1.165) is 15.6 Å². The molecule has 0 aliphatic rings. The number of nitrogens with zero attached hydrogens (tertiary/aromatic N) is 2. The molecule has 0 fully saturated rings. The third kappa shape index (κ3) is 4.06. The van der Waals surface area contributed by atoms with Gasteiger partial charge in [-0.15, -0.1) is 0 Å². The number of amides is 1. The molecular weight excluding hydrogens is 386 g/mol. The van der Waals surface area contributed by atoms with Gasteiger partial charge in [-0.3, -0.25) is 4.79 Å². The number of aromatic nitrogens is 2. The van der Waals surface area contributed by atoms with Gasteiger partial charge in [-0.25, -0.2) is 9.78 Å². The Morgan fingerprint density at radius 3 is 2.80 bits per heavy atom. The summed E-state index contributed by atoms with van der Waals surface area (Å²) in [4.78, 5) is 28.3. The van der Waals surface area contributed by atoms with Crippen LogP contribution in [0.25, 0.3) is 5.65 Å². The molecule has 1 N–H and O–H groups in total. The number of anilines is 1. The number of esters is 1. The largest absolute Gasteiger partial charge is 0.451 e. The molecule has 6 nitrogen and oxygen atoms in total. The summed E-state index contributed by atoms with van der Waals surface area (Å²) in [5, 5.41) is 2.72. The quantitative estimate of drug-likeness (QED) is 0.678. The second kappa shape index (κ2) is 7.06. The number of pyridine rings is 1. The van der Waals surface area contributed by atoms with Gasteiger partial charge in [0.15, 0.2) is 12.3 Å². The molecule has 128 valence electrons. The zero-order valence-corrected chi connectivity index (χ0v) is 15.3. The number of hydrogen-bond acceptors (Lipinski definition) is 4. The fourth-order valence-corrected chi connectivity index (χ4v) is 2.82. The molecule has 0 aliphatic heterocycles. The van der Waals surface area contributed by atoms with E-state index in [1.807, 2.05) is 44.3 Å². The van der Waals surface area contributed by atoms with E-state index in [-0.39, 0.29) is 12.3 Å². The molecule has 3 aromatic rings. The number of hydrogen-bond donors (Lipinski definition) is 1. The lowest BCUT2D eigenvalue weighted by Crippen LogP contribution is -2.21. The van der Waals surface area contributed by atoms with E-state index in [4.69, 9.17) is 4.74 Å². The van der Waals surface area contributed by atoms with Crippen molar-refractivity contribution in [3.8, 4) is 0 Å². The van der Waals surface area contributed by atoms with Gasteiger partial charge in [0.2, 0.25) is 0 Å². The minimum atomic E-state index is -0.635. The molecule has 25 heavy (non-hydrogen) atoms. The fourth-order valence-electron chi connectivity index (χ4n) is 2.34. The van der Waals surface area contributed by atoms with E-state index in [0.29, 0.717) is 11.3 Å². The molecule has 2 heterocycles. The van der Waals surface area contributed by atoms with Crippen LogP contribution in [-0.2, 0) is 9.53 Å². The van der Waals surface area contributed by atoms with Crippen molar-refractivity contribution in [1.82, 2.24) is 9.38 Å². The SMILES string of the molecule is Cc1ccn2cc(C(=O)OCC(=O)Nc3ccc(Br)cc3C)nc2c1. The van der Waals surface area contributed by atoms with Crippen molar-refractivity contribution in [2.45, 2.75) is 13.8 Å². The van der Waals surface area contributed by atoms with Crippen LogP contribution in [0, 0.1) is 13.8 Å². The first-order valence-corrected chi connectivity index (χ1v) is 8.40. The fraction of sp³-hybridized carbons (Fsp3) is 0.167. The predicted molar refractivity (Wildman–Crippen MR) is 97.7 cm³/mol. The third-order valence-corrected chi connectivity index (χ3v) is 4.12. The first kappa shape index (κ1) is 17.2. The molecule has 0 unspecified atom stereocenters. The highest BCUT2D eigenvalue weighted by Crippen LogP contribution is 2.19. The summed E-state index contributed by atoms with van der Waals surface area (Å²) in [5.74, 6) is -1.04. The van der Waals surface area contributed by atoms with Crippen LogP contribution >= 0.6 is 15.9 Å². The zero-order chi connectivity index (χ0) is 18.0. The minimum absolute atomic E-state index is 0.165. The van der Waals surface area contributed by atoms with E-state index < -0.39 is 11.9 Å². The number of halogens is 1. The summed E-state index contributed by atoms with van der Waals surface area (Å²) < 4.78 is 7.71. The summed E-state index contributed by atoms with van der Waals surface area (Å²) in [6.07, 6.45) is 3.39. The molecule has 7 heteroatoms. The van der Waals surface area contributed by atoms with Crippen molar-refractivity contribution in [3.05, 3.63) is 64.0 Å². The Bertz CT molecular complexity index is 965. The highest BCUT2D eigenvalue weighted by molar-refractivity contribution is 9.10. The average Bonchev–Trinajstić information content (AvgIpc) is 2.98. The maximum Gasteiger partial charge on any atom is 0.359 e. The van der Waals surface area contributed by atoms with Gasteiger partial charge in [0.25, 0.3) is 5.91 Å². The van der Waals surface area contributed by atoms with Gasteiger partial charge >= 0.3 is 5.97 Å². The van der Waals surface area contributed by atoms with Gasteiger partial charge in [-0.05, 0) is 55.3 Å². The number of carbonyl (C=O) groups is 2. The topological polar surface area (TPSA) is 72.7 Å². The van der Waals surface area contributed by atoms with Crippen LogP contribution in [0.1, 0.15) is 21.6 Å². The van der Waals surface area contributed by atoms with Crippen LogP contribution < -0.4 is 5.32 Å². The van der Waals surface area contributed by atoms with Gasteiger partial charge in [-0.1, -0.05) is 15.9 Å². The Labute approximate surface area is 153 Å². The Morgan fingerprint density at radius 2 is 2.04 bits per heavy atom. The van der Waals surface area contributed by atoms with Crippen molar-refractivity contribution < 1.29 is 14.3 Å². The Morgan fingerprint density at radius 1 is 1.24 bits per heavy atom. The van der Waals surface area contributed by atoms with Gasteiger partial charge in [0.1, 0.15) is 5.65 Å².